The summed E-state index contributed by atoms with van der Waals surface area (Å²) in [4.78, 5) is 12.1. The first-order chi connectivity index (χ1) is 10.6. The van der Waals surface area contributed by atoms with Crippen LogP contribution in [-0.2, 0) is 5.41 Å². The minimum atomic E-state index is -0.183. The zero-order valence-corrected chi connectivity index (χ0v) is 13.3. The van der Waals surface area contributed by atoms with Gasteiger partial charge in [-0.3, -0.25) is 0 Å². The molecule has 2 amide bonds. The molecule has 0 heterocycles. The highest BCUT2D eigenvalue weighted by molar-refractivity contribution is 5.74. The summed E-state index contributed by atoms with van der Waals surface area (Å²) in [5, 5.41) is 15.6. The van der Waals surface area contributed by atoms with Crippen molar-refractivity contribution >= 4 is 6.03 Å². The van der Waals surface area contributed by atoms with E-state index in [-0.39, 0.29) is 23.6 Å². The highest BCUT2D eigenvalue weighted by Gasteiger charge is 2.45. The molecule has 3 rings (SSSR count). The van der Waals surface area contributed by atoms with Gasteiger partial charge in [-0.1, -0.05) is 24.3 Å². The number of urea groups is 1. The predicted octanol–water partition coefficient (Wildman–Crippen LogP) is 2.63. The first kappa shape index (κ1) is 15.3. The molecule has 0 aromatic heterocycles. The van der Waals surface area contributed by atoms with E-state index in [1.165, 1.54) is 11.1 Å². The molecule has 4 nitrogen and oxygen atoms in total. The monoisotopic (exact) mass is 302 g/mol. The molecule has 0 atom stereocenters. The lowest BCUT2D eigenvalue weighted by atomic mass is 9.92. The molecule has 1 aromatic carbocycles. The summed E-state index contributed by atoms with van der Waals surface area (Å²) in [6.45, 7) is 2.85. The first-order valence-corrected chi connectivity index (χ1v) is 8.38. The molecule has 2 aliphatic rings. The lowest BCUT2D eigenvalue weighted by Crippen LogP contribution is -2.46. The normalized spacial score (nSPS) is 26.3. The van der Waals surface area contributed by atoms with E-state index < -0.39 is 0 Å². The molecule has 120 valence electrons. The Morgan fingerprint density at radius 3 is 2.55 bits per heavy atom. The van der Waals surface area contributed by atoms with Gasteiger partial charge in [0.2, 0.25) is 0 Å². The van der Waals surface area contributed by atoms with Gasteiger partial charge in [-0.2, -0.15) is 0 Å². The number of aliphatic hydroxyl groups is 1. The van der Waals surface area contributed by atoms with Gasteiger partial charge >= 0.3 is 6.03 Å². The summed E-state index contributed by atoms with van der Waals surface area (Å²) in [6, 6.07) is 8.61. The second-order valence-electron chi connectivity index (χ2n) is 6.93. The van der Waals surface area contributed by atoms with E-state index in [0.29, 0.717) is 6.54 Å². The van der Waals surface area contributed by atoms with Gasteiger partial charge in [-0.05, 0) is 56.6 Å². The van der Waals surface area contributed by atoms with E-state index in [0.717, 1.165) is 38.5 Å². The van der Waals surface area contributed by atoms with Crippen molar-refractivity contribution in [1.29, 1.82) is 0 Å². The van der Waals surface area contributed by atoms with E-state index in [2.05, 4.69) is 41.8 Å². The predicted molar refractivity (Wildman–Crippen MR) is 86.9 cm³/mol. The third-order valence-corrected chi connectivity index (χ3v) is 5.19. The fourth-order valence-electron chi connectivity index (χ4n) is 3.57. The molecule has 0 unspecified atom stereocenters. The maximum absolute atomic E-state index is 12.1. The average Bonchev–Trinajstić information content (AvgIpc) is 3.29. The topological polar surface area (TPSA) is 61.4 Å². The van der Waals surface area contributed by atoms with Crippen molar-refractivity contribution in [3.05, 3.63) is 35.4 Å². The molecule has 0 aliphatic heterocycles. The summed E-state index contributed by atoms with van der Waals surface area (Å²) in [5.74, 6) is 0. The van der Waals surface area contributed by atoms with Crippen LogP contribution in [0.1, 0.15) is 49.7 Å². The van der Waals surface area contributed by atoms with Gasteiger partial charge in [0.25, 0.3) is 0 Å². The molecule has 0 saturated heterocycles. The van der Waals surface area contributed by atoms with Crippen LogP contribution in [0.2, 0.25) is 0 Å². The molecule has 1 aromatic rings. The van der Waals surface area contributed by atoms with Crippen LogP contribution in [0.25, 0.3) is 0 Å². The van der Waals surface area contributed by atoms with E-state index in [1.54, 1.807) is 0 Å². The van der Waals surface area contributed by atoms with E-state index in [4.69, 9.17) is 0 Å². The van der Waals surface area contributed by atoms with Crippen molar-refractivity contribution in [2.24, 2.45) is 0 Å². The quantitative estimate of drug-likeness (QED) is 0.800. The Bertz CT molecular complexity index is 532. The number of benzene rings is 1. The fourth-order valence-corrected chi connectivity index (χ4v) is 3.57. The number of hydrogen-bond acceptors (Lipinski definition) is 2. The lowest BCUT2D eigenvalue weighted by Gasteiger charge is -2.27. The van der Waals surface area contributed by atoms with Crippen LogP contribution in [-0.4, -0.2) is 29.8 Å². The smallest absolute Gasteiger partial charge is 0.315 e. The third-order valence-electron chi connectivity index (χ3n) is 5.19. The maximum Gasteiger partial charge on any atom is 0.315 e. The Labute approximate surface area is 132 Å². The average molecular weight is 302 g/mol. The second-order valence-corrected chi connectivity index (χ2v) is 6.93. The highest BCUT2D eigenvalue weighted by atomic mass is 16.3. The Morgan fingerprint density at radius 1 is 1.23 bits per heavy atom. The second kappa shape index (κ2) is 6.29. The molecule has 0 radical (unpaired) electrons. The largest absolute Gasteiger partial charge is 0.393 e. The van der Waals surface area contributed by atoms with Gasteiger partial charge < -0.3 is 15.7 Å². The zero-order valence-electron chi connectivity index (χ0n) is 13.3. The van der Waals surface area contributed by atoms with E-state index in [1.807, 2.05) is 0 Å². The van der Waals surface area contributed by atoms with E-state index >= 15 is 0 Å². The van der Waals surface area contributed by atoms with Crippen LogP contribution in [0, 0.1) is 6.92 Å². The van der Waals surface area contributed by atoms with Gasteiger partial charge in [0, 0.05) is 18.0 Å². The third kappa shape index (κ3) is 3.43. The van der Waals surface area contributed by atoms with Crippen LogP contribution >= 0.6 is 0 Å². The van der Waals surface area contributed by atoms with Crippen molar-refractivity contribution in [2.75, 3.05) is 6.54 Å². The van der Waals surface area contributed by atoms with Crippen LogP contribution < -0.4 is 10.6 Å². The van der Waals surface area contributed by atoms with Crippen LogP contribution in [0.3, 0.4) is 0 Å². The Balaban J connectivity index is 1.50. The van der Waals surface area contributed by atoms with Gasteiger partial charge in [0.1, 0.15) is 0 Å². The van der Waals surface area contributed by atoms with Crippen molar-refractivity contribution in [3.8, 4) is 0 Å². The Morgan fingerprint density at radius 2 is 1.91 bits per heavy atom. The number of hydrogen-bond donors (Lipinski definition) is 3. The molecule has 2 fully saturated rings. The van der Waals surface area contributed by atoms with Crippen molar-refractivity contribution < 1.29 is 9.90 Å². The maximum atomic E-state index is 12.1. The van der Waals surface area contributed by atoms with Crippen LogP contribution in [0.5, 0.6) is 0 Å². The summed E-state index contributed by atoms with van der Waals surface area (Å²) in [6.07, 6.45) is 5.43. The molecular weight excluding hydrogens is 276 g/mol. The number of carbonyl (C=O) groups excluding carboxylic acids is 1. The summed E-state index contributed by atoms with van der Waals surface area (Å²) in [5.41, 5.74) is 2.82. The number of amides is 2. The zero-order chi connectivity index (χ0) is 15.6. The number of aliphatic hydroxyl groups excluding tert-OH is 1. The number of carbonyl (C=O) groups is 1. The minimum absolute atomic E-state index is 0.0683. The minimum Gasteiger partial charge on any atom is -0.393 e. The molecule has 0 spiro atoms. The first-order valence-electron chi connectivity index (χ1n) is 8.38. The molecular formula is C18H26N2O2. The molecule has 2 saturated carbocycles. The summed E-state index contributed by atoms with van der Waals surface area (Å²) >= 11 is 0. The number of rotatable bonds is 4. The van der Waals surface area contributed by atoms with Crippen molar-refractivity contribution in [2.45, 2.75) is 63.0 Å². The molecule has 2 aliphatic carbocycles. The van der Waals surface area contributed by atoms with Crippen LogP contribution in [0.4, 0.5) is 4.79 Å². The molecule has 22 heavy (non-hydrogen) atoms. The Kier molecular flexibility index (Phi) is 4.39. The van der Waals surface area contributed by atoms with Crippen LogP contribution in [0.15, 0.2) is 24.3 Å². The molecule has 4 heteroatoms. The highest BCUT2D eigenvalue weighted by Crippen LogP contribution is 2.48. The number of aryl methyl sites for hydroxylation is 1. The fraction of sp³-hybridized carbons (Fsp3) is 0.611. The van der Waals surface area contributed by atoms with Crippen molar-refractivity contribution in [1.82, 2.24) is 10.6 Å². The summed E-state index contributed by atoms with van der Waals surface area (Å²) < 4.78 is 0. The molecule has 3 N–H and O–H groups in total. The summed E-state index contributed by atoms with van der Waals surface area (Å²) in [7, 11) is 0. The standard InChI is InChI=1S/C18H26N2O2/c1-13-4-2-3-5-16(13)18(10-11-18)12-19-17(22)20-14-6-8-15(21)9-7-14/h2-5,14-15,21H,6-12H2,1H3,(H2,19,20,22). The van der Waals surface area contributed by atoms with Gasteiger partial charge in [0.15, 0.2) is 0 Å². The lowest BCUT2D eigenvalue weighted by molar-refractivity contribution is 0.117. The SMILES string of the molecule is Cc1ccccc1C1(CNC(=O)NC2CCC(O)CC2)CC1. The number of nitrogens with one attached hydrogen (secondary N) is 2. The molecule has 0 bridgehead atoms. The Hall–Kier alpha value is -1.55. The van der Waals surface area contributed by atoms with Crippen molar-refractivity contribution in [3.63, 3.8) is 0 Å². The van der Waals surface area contributed by atoms with Gasteiger partial charge in [-0.15, -0.1) is 0 Å². The van der Waals surface area contributed by atoms with E-state index in [9.17, 15) is 9.90 Å². The van der Waals surface area contributed by atoms with Gasteiger partial charge in [-0.25, -0.2) is 4.79 Å². The van der Waals surface area contributed by atoms with Gasteiger partial charge in [0.05, 0.1) is 6.10 Å².